The maximum Gasteiger partial charge on any atom is 0.187 e. The molecule has 0 amide bonds. The van der Waals surface area contributed by atoms with Gasteiger partial charge in [0.25, 0.3) is 0 Å². The van der Waals surface area contributed by atoms with Crippen molar-refractivity contribution in [1.29, 1.82) is 0 Å². The van der Waals surface area contributed by atoms with Gasteiger partial charge in [-0.15, -0.1) is 0 Å². The maximum atomic E-state index is 3.96. The Morgan fingerprint density at radius 2 is 2.22 bits per heavy atom. The Morgan fingerprint density at radius 3 is 2.78 bits per heavy atom. The van der Waals surface area contributed by atoms with Gasteiger partial charge in [-0.05, 0) is 5.75 Å². The van der Waals surface area contributed by atoms with Crippen LogP contribution in [0.4, 0.5) is 0 Å². The molecule has 1 aromatic rings. The molecular formula is C6H7N2S. The Hall–Kier alpha value is -0.570. The second-order valence-electron chi connectivity index (χ2n) is 1.40. The quantitative estimate of drug-likeness (QED) is 0.457. The minimum absolute atomic E-state index is 0.830. The molecule has 0 N–H and O–H groups in total. The number of nitrogens with zero attached hydrogens (tertiary/aromatic N) is 2. The summed E-state index contributed by atoms with van der Waals surface area (Å²) >= 11 is 1.63. The molecule has 0 aliphatic heterocycles. The molecule has 2 nitrogen and oxygen atoms in total. The van der Waals surface area contributed by atoms with E-state index in [0.29, 0.717) is 0 Å². The molecule has 0 saturated heterocycles. The number of hydrogen-bond acceptors (Lipinski definition) is 3. The summed E-state index contributed by atoms with van der Waals surface area (Å²) in [6.45, 7) is 2.07. The fourth-order valence-electron chi connectivity index (χ4n) is 0.455. The van der Waals surface area contributed by atoms with Crippen LogP contribution in [0.3, 0.4) is 0 Å². The van der Waals surface area contributed by atoms with E-state index >= 15 is 0 Å². The van der Waals surface area contributed by atoms with E-state index in [9.17, 15) is 0 Å². The van der Waals surface area contributed by atoms with Gasteiger partial charge in [0.15, 0.2) is 5.16 Å². The van der Waals surface area contributed by atoms with Gasteiger partial charge in [-0.25, -0.2) is 9.97 Å². The van der Waals surface area contributed by atoms with Gasteiger partial charge in [-0.3, -0.25) is 0 Å². The first-order chi connectivity index (χ1) is 4.43. The second kappa shape index (κ2) is 3.45. The minimum Gasteiger partial charge on any atom is -0.230 e. The predicted molar refractivity (Wildman–Crippen MR) is 37.3 cm³/mol. The molecule has 9 heavy (non-hydrogen) atoms. The maximum absolute atomic E-state index is 3.96. The first-order valence-electron chi connectivity index (χ1n) is 2.74. The van der Waals surface area contributed by atoms with E-state index in [1.54, 1.807) is 24.2 Å². The molecular weight excluding hydrogens is 132 g/mol. The van der Waals surface area contributed by atoms with E-state index in [2.05, 4.69) is 23.0 Å². The molecule has 0 aliphatic rings. The van der Waals surface area contributed by atoms with Crippen LogP contribution < -0.4 is 0 Å². The van der Waals surface area contributed by atoms with Crippen LogP contribution in [0, 0.1) is 6.07 Å². The molecule has 1 heterocycles. The van der Waals surface area contributed by atoms with Gasteiger partial charge in [0.05, 0.1) is 0 Å². The van der Waals surface area contributed by atoms with Crippen molar-refractivity contribution < 1.29 is 0 Å². The summed E-state index contributed by atoms with van der Waals surface area (Å²) < 4.78 is 0. The summed E-state index contributed by atoms with van der Waals surface area (Å²) in [5.74, 6) is 1.02. The Morgan fingerprint density at radius 1 is 1.56 bits per heavy atom. The highest BCUT2D eigenvalue weighted by Gasteiger charge is 1.88. The lowest BCUT2D eigenvalue weighted by molar-refractivity contribution is 0.965. The zero-order valence-corrected chi connectivity index (χ0v) is 5.98. The fourth-order valence-corrected chi connectivity index (χ4v) is 0.968. The zero-order chi connectivity index (χ0) is 6.53. The predicted octanol–water partition coefficient (Wildman–Crippen LogP) is 1.39. The van der Waals surface area contributed by atoms with Gasteiger partial charge in [-0.2, -0.15) is 0 Å². The monoisotopic (exact) mass is 139 g/mol. The summed E-state index contributed by atoms with van der Waals surface area (Å²) in [5, 5.41) is 0.830. The number of aromatic nitrogens is 2. The Bertz CT molecular complexity index is 164. The lowest BCUT2D eigenvalue weighted by atomic mass is 10.7. The van der Waals surface area contributed by atoms with Crippen molar-refractivity contribution in [2.75, 3.05) is 5.75 Å². The SMILES string of the molecule is CCSc1nc[c]cn1. The molecule has 1 rings (SSSR count). The summed E-state index contributed by atoms with van der Waals surface area (Å²) in [6.07, 6.45) is 3.26. The molecule has 0 spiro atoms. The summed E-state index contributed by atoms with van der Waals surface area (Å²) in [4.78, 5) is 7.93. The molecule has 1 radical (unpaired) electrons. The van der Waals surface area contributed by atoms with Crippen molar-refractivity contribution in [1.82, 2.24) is 9.97 Å². The smallest absolute Gasteiger partial charge is 0.187 e. The normalized spacial score (nSPS) is 9.44. The van der Waals surface area contributed by atoms with Crippen LogP contribution in [-0.4, -0.2) is 15.7 Å². The van der Waals surface area contributed by atoms with Gasteiger partial charge in [0.1, 0.15) is 0 Å². The van der Waals surface area contributed by atoms with Gasteiger partial charge >= 0.3 is 0 Å². The summed E-state index contributed by atoms with van der Waals surface area (Å²) in [7, 11) is 0. The highest BCUT2D eigenvalue weighted by molar-refractivity contribution is 7.99. The molecule has 0 aromatic carbocycles. The lowest BCUT2D eigenvalue weighted by Crippen LogP contribution is -1.82. The lowest BCUT2D eigenvalue weighted by Gasteiger charge is -1.90. The fraction of sp³-hybridized carbons (Fsp3) is 0.333. The van der Waals surface area contributed by atoms with Gasteiger partial charge < -0.3 is 0 Å². The van der Waals surface area contributed by atoms with Crippen LogP contribution in [0.15, 0.2) is 17.6 Å². The van der Waals surface area contributed by atoms with Crippen LogP contribution in [-0.2, 0) is 0 Å². The van der Waals surface area contributed by atoms with Crippen molar-refractivity contribution >= 4 is 11.8 Å². The number of rotatable bonds is 2. The van der Waals surface area contributed by atoms with E-state index < -0.39 is 0 Å². The van der Waals surface area contributed by atoms with Gasteiger partial charge in [-0.1, -0.05) is 18.7 Å². The Balaban J connectivity index is 2.61. The van der Waals surface area contributed by atoms with Crippen LogP contribution in [0.1, 0.15) is 6.92 Å². The molecule has 0 unspecified atom stereocenters. The molecule has 0 aliphatic carbocycles. The molecule has 1 aromatic heterocycles. The number of thioether (sulfide) groups is 1. The first kappa shape index (κ1) is 6.55. The van der Waals surface area contributed by atoms with Crippen molar-refractivity contribution in [3.63, 3.8) is 0 Å². The van der Waals surface area contributed by atoms with E-state index in [1.165, 1.54) is 0 Å². The van der Waals surface area contributed by atoms with Gasteiger partial charge in [0, 0.05) is 18.5 Å². The largest absolute Gasteiger partial charge is 0.230 e. The van der Waals surface area contributed by atoms with E-state index in [4.69, 9.17) is 0 Å². The van der Waals surface area contributed by atoms with Crippen LogP contribution in [0.5, 0.6) is 0 Å². The highest BCUT2D eigenvalue weighted by atomic mass is 32.2. The highest BCUT2D eigenvalue weighted by Crippen LogP contribution is 2.08. The molecule has 0 fully saturated rings. The van der Waals surface area contributed by atoms with Crippen molar-refractivity contribution in [3.8, 4) is 0 Å². The second-order valence-corrected chi connectivity index (χ2v) is 2.63. The summed E-state index contributed by atoms with van der Waals surface area (Å²) in [5.41, 5.74) is 0. The van der Waals surface area contributed by atoms with Crippen LogP contribution in [0.2, 0.25) is 0 Å². The topological polar surface area (TPSA) is 25.8 Å². The van der Waals surface area contributed by atoms with Crippen molar-refractivity contribution in [3.05, 3.63) is 18.5 Å². The van der Waals surface area contributed by atoms with Crippen molar-refractivity contribution in [2.24, 2.45) is 0 Å². The third-order valence-electron chi connectivity index (χ3n) is 0.772. The van der Waals surface area contributed by atoms with Crippen LogP contribution in [0.25, 0.3) is 0 Å². The molecule has 47 valence electrons. The first-order valence-corrected chi connectivity index (χ1v) is 3.73. The van der Waals surface area contributed by atoms with E-state index in [1.807, 2.05) is 0 Å². The van der Waals surface area contributed by atoms with E-state index in [-0.39, 0.29) is 0 Å². The van der Waals surface area contributed by atoms with Gasteiger partial charge in [0.2, 0.25) is 0 Å². The Labute approximate surface area is 58.7 Å². The molecule has 0 atom stereocenters. The van der Waals surface area contributed by atoms with Crippen molar-refractivity contribution in [2.45, 2.75) is 12.1 Å². The average Bonchev–Trinajstić information content (AvgIpc) is 1.91. The Kier molecular flexibility index (Phi) is 2.51. The number of hydrogen-bond donors (Lipinski definition) is 0. The molecule has 0 saturated carbocycles. The molecule has 3 heteroatoms. The summed E-state index contributed by atoms with van der Waals surface area (Å²) in [6, 6.07) is 2.76. The standard InChI is InChI=1S/C6H7N2S/c1-2-9-6-7-4-3-5-8-6/h4-5H,2H2,1H3. The minimum atomic E-state index is 0.830. The third kappa shape index (κ3) is 2.01. The third-order valence-corrected chi connectivity index (χ3v) is 1.53. The average molecular weight is 139 g/mol. The van der Waals surface area contributed by atoms with E-state index in [0.717, 1.165) is 10.9 Å². The zero-order valence-electron chi connectivity index (χ0n) is 5.16. The van der Waals surface area contributed by atoms with Crippen LogP contribution >= 0.6 is 11.8 Å². The molecule has 0 bridgehead atoms.